The molecule has 0 aliphatic heterocycles. The van der Waals surface area contributed by atoms with Crippen molar-refractivity contribution in [2.75, 3.05) is 0 Å². The zero-order valence-corrected chi connectivity index (χ0v) is 31.5. The maximum atomic E-state index is 6.91. The molecule has 2 saturated carbocycles. The first-order valence-electron chi connectivity index (χ1n) is 20.8. The molecule has 0 N–H and O–H groups in total. The Morgan fingerprint density at radius 3 is 1.82 bits per heavy atom. The lowest BCUT2D eigenvalue weighted by molar-refractivity contribution is 0.444. The van der Waals surface area contributed by atoms with Crippen molar-refractivity contribution in [3.63, 3.8) is 0 Å². The Hall–Kier alpha value is -6.00. The first-order valence-corrected chi connectivity index (χ1v) is 20.8. The number of hydrogen-bond acceptors (Lipinski definition) is 4. The van der Waals surface area contributed by atoms with E-state index in [0.29, 0.717) is 11.8 Å². The minimum absolute atomic E-state index is 0.547. The van der Waals surface area contributed by atoms with Crippen LogP contribution in [0.2, 0.25) is 0 Å². The van der Waals surface area contributed by atoms with Crippen LogP contribution in [0.3, 0.4) is 0 Å². The Bertz CT molecular complexity index is 3140. The SMILES string of the molecule is c1cc(-c2cnc3c4ccccc4c4ccccc4c3n2)cc(-c2cc(C3CCCCC3)cc3c2oc2cc4oc5ccc(C6CCCCC6)cc5c4cc23)c1. The van der Waals surface area contributed by atoms with Crippen LogP contribution in [0, 0.1) is 0 Å². The summed E-state index contributed by atoms with van der Waals surface area (Å²) in [6, 6.07) is 42.1. The largest absolute Gasteiger partial charge is 0.456 e. The Labute approximate surface area is 325 Å². The molecule has 0 spiro atoms. The minimum Gasteiger partial charge on any atom is -0.456 e. The van der Waals surface area contributed by atoms with Gasteiger partial charge in [0.05, 0.1) is 22.9 Å². The molecule has 0 atom stereocenters. The number of furan rings is 2. The van der Waals surface area contributed by atoms with Gasteiger partial charge in [-0.05, 0) is 101 Å². The van der Waals surface area contributed by atoms with Gasteiger partial charge in [-0.1, -0.05) is 111 Å². The molecule has 0 amide bonds. The fourth-order valence-electron chi connectivity index (χ4n) is 10.4. The van der Waals surface area contributed by atoms with Crippen LogP contribution in [-0.4, -0.2) is 9.97 Å². The van der Waals surface area contributed by atoms with Gasteiger partial charge in [0, 0.05) is 49.5 Å². The molecule has 2 aliphatic rings. The normalized spacial score (nSPS) is 16.1. The third-order valence-electron chi connectivity index (χ3n) is 13.3. The molecule has 56 heavy (non-hydrogen) atoms. The first-order chi connectivity index (χ1) is 27.7. The van der Waals surface area contributed by atoms with E-state index in [0.717, 1.165) is 71.9 Å². The molecular weight excluding hydrogens is 685 g/mol. The van der Waals surface area contributed by atoms with Crippen molar-refractivity contribution in [2.45, 2.75) is 76.0 Å². The van der Waals surface area contributed by atoms with Gasteiger partial charge in [0.1, 0.15) is 22.3 Å². The summed E-state index contributed by atoms with van der Waals surface area (Å²) in [5.74, 6) is 1.19. The highest BCUT2D eigenvalue weighted by molar-refractivity contribution is 6.23. The fourth-order valence-corrected chi connectivity index (χ4v) is 10.4. The van der Waals surface area contributed by atoms with Gasteiger partial charge >= 0.3 is 0 Å². The second kappa shape index (κ2) is 12.8. The molecule has 0 saturated heterocycles. The van der Waals surface area contributed by atoms with Crippen LogP contribution in [0.25, 0.3) is 98.8 Å². The maximum Gasteiger partial charge on any atom is 0.143 e. The number of nitrogens with zero attached hydrogens (tertiary/aromatic N) is 2. The second-order valence-electron chi connectivity index (χ2n) is 16.5. The summed E-state index contributed by atoms with van der Waals surface area (Å²) in [5, 5.41) is 9.40. The lowest BCUT2D eigenvalue weighted by atomic mass is 9.82. The Morgan fingerprint density at radius 1 is 0.429 bits per heavy atom. The summed E-state index contributed by atoms with van der Waals surface area (Å²) >= 11 is 0. The molecule has 2 fully saturated rings. The molecule has 7 aromatic carbocycles. The van der Waals surface area contributed by atoms with E-state index < -0.39 is 0 Å². The summed E-state index contributed by atoms with van der Waals surface area (Å²) in [7, 11) is 0. The van der Waals surface area contributed by atoms with Crippen molar-refractivity contribution < 1.29 is 8.83 Å². The van der Waals surface area contributed by atoms with E-state index in [1.807, 2.05) is 6.20 Å². The predicted molar refractivity (Wildman–Crippen MR) is 232 cm³/mol. The first kappa shape index (κ1) is 32.3. The Kier molecular flexibility index (Phi) is 7.36. The van der Waals surface area contributed by atoms with E-state index in [2.05, 4.69) is 115 Å². The molecule has 10 aromatic rings. The zero-order chi connectivity index (χ0) is 36.7. The van der Waals surface area contributed by atoms with Crippen molar-refractivity contribution in [2.24, 2.45) is 0 Å². The molecule has 0 bridgehead atoms. The smallest absolute Gasteiger partial charge is 0.143 e. The molecule has 4 heteroatoms. The topological polar surface area (TPSA) is 52.1 Å². The quantitative estimate of drug-likeness (QED) is 0.169. The van der Waals surface area contributed by atoms with Gasteiger partial charge in [0.2, 0.25) is 0 Å². The van der Waals surface area contributed by atoms with Crippen LogP contribution in [0.5, 0.6) is 0 Å². The molecule has 2 aliphatic carbocycles. The second-order valence-corrected chi connectivity index (χ2v) is 16.5. The lowest BCUT2D eigenvalue weighted by Gasteiger charge is -2.23. The van der Waals surface area contributed by atoms with Crippen LogP contribution >= 0.6 is 0 Å². The number of rotatable bonds is 4. The predicted octanol–water partition coefficient (Wildman–Crippen LogP) is 15.2. The van der Waals surface area contributed by atoms with Crippen molar-refractivity contribution >= 4 is 76.5 Å². The van der Waals surface area contributed by atoms with Crippen LogP contribution in [0.4, 0.5) is 0 Å². The number of hydrogen-bond donors (Lipinski definition) is 0. The number of aromatic nitrogens is 2. The maximum absolute atomic E-state index is 6.91. The molecule has 4 nitrogen and oxygen atoms in total. The molecule has 0 radical (unpaired) electrons. The summed E-state index contributed by atoms with van der Waals surface area (Å²) in [6.07, 6.45) is 14.9. The van der Waals surface area contributed by atoms with Crippen molar-refractivity contribution in [3.05, 3.63) is 133 Å². The summed E-state index contributed by atoms with van der Waals surface area (Å²) in [6.45, 7) is 0. The highest BCUT2D eigenvalue weighted by atomic mass is 16.3. The third kappa shape index (κ3) is 5.11. The van der Waals surface area contributed by atoms with Crippen LogP contribution in [0.1, 0.15) is 87.2 Å². The Balaban J connectivity index is 1.03. The van der Waals surface area contributed by atoms with Crippen molar-refractivity contribution in [1.82, 2.24) is 9.97 Å². The van der Waals surface area contributed by atoms with E-state index in [1.165, 1.54) is 102 Å². The molecule has 272 valence electrons. The number of fused-ring (bicyclic) bond motifs is 12. The number of benzene rings is 7. The van der Waals surface area contributed by atoms with Crippen LogP contribution < -0.4 is 0 Å². The van der Waals surface area contributed by atoms with Crippen LogP contribution in [0.15, 0.2) is 130 Å². The highest BCUT2D eigenvalue weighted by Crippen LogP contribution is 2.45. The molecule has 3 aromatic heterocycles. The van der Waals surface area contributed by atoms with Gasteiger partial charge in [0.25, 0.3) is 0 Å². The van der Waals surface area contributed by atoms with Gasteiger partial charge < -0.3 is 8.83 Å². The van der Waals surface area contributed by atoms with E-state index in [9.17, 15) is 0 Å². The van der Waals surface area contributed by atoms with E-state index >= 15 is 0 Å². The van der Waals surface area contributed by atoms with Crippen molar-refractivity contribution in [1.29, 1.82) is 0 Å². The van der Waals surface area contributed by atoms with Gasteiger partial charge in [-0.25, -0.2) is 4.98 Å². The molecule has 3 heterocycles. The lowest BCUT2D eigenvalue weighted by Crippen LogP contribution is -2.04. The molecule has 0 unspecified atom stereocenters. The standard InChI is InChI=1S/C52H42N2O2/c1-3-12-31(13-4-1)33-22-23-47-42(25-33)43-28-44-45-27-36(32-14-5-2-6-15-32)26-41(52(45)56-49(44)29-48(43)55-47)34-16-11-17-35(24-34)46-30-53-50-39-20-9-7-18-37(39)38-19-8-10-21-40(38)51(50)54-46/h7-11,16-32H,1-6,12-15H2. The van der Waals surface area contributed by atoms with Gasteiger partial charge in [0.15, 0.2) is 0 Å². The minimum atomic E-state index is 0.547. The summed E-state index contributed by atoms with van der Waals surface area (Å²) < 4.78 is 13.4. The molecular formula is C52H42N2O2. The average molecular weight is 727 g/mol. The highest BCUT2D eigenvalue weighted by Gasteiger charge is 2.23. The zero-order valence-electron chi connectivity index (χ0n) is 31.5. The van der Waals surface area contributed by atoms with E-state index in [4.69, 9.17) is 18.8 Å². The van der Waals surface area contributed by atoms with E-state index in [-0.39, 0.29) is 0 Å². The molecule has 12 rings (SSSR count). The van der Waals surface area contributed by atoms with Gasteiger partial charge in [-0.3, -0.25) is 4.98 Å². The monoisotopic (exact) mass is 726 g/mol. The third-order valence-corrected chi connectivity index (χ3v) is 13.3. The Morgan fingerprint density at radius 2 is 1.05 bits per heavy atom. The van der Waals surface area contributed by atoms with E-state index in [1.54, 1.807) is 0 Å². The van der Waals surface area contributed by atoms with Crippen molar-refractivity contribution in [3.8, 4) is 22.4 Å². The average Bonchev–Trinajstić information content (AvgIpc) is 3.82. The van der Waals surface area contributed by atoms with Crippen LogP contribution in [-0.2, 0) is 0 Å². The summed E-state index contributed by atoms with van der Waals surface area (Å²) in [5.41, 5.74) is 12.5. The summed E-state index contributed by atoms with van der Waals surface area (Å²) in [4.78, 5) is 10.4. The fraction of sp³-hybridized carbons (Fsp3) is 0.231. The van der Waals surface area contributed by atoms with Gasteiger partial charge in [-0.2, -0.15) is 0 Å². The van der Waals surface area contributed by atoms with Gasteiger partial charge in [-0.15, -0.1) is 0 Å².